The molecule has 2 aromatic carbocycles. The lowest BCUT2D eigenvalue weighted by Gasteiger charge is -2.47. The van der Waals surface area contributed by atoms with Crippen LogP contribution in [0.1, 0.15) is 36.8 Å². The van der Waals surface area contributed by atoms with Crippen molar-refractivity contribution in [3.05, 3.63) is 64.0 Å². The third kappa shape index (κ3) is 4.48. The van der Waals surface area contributed by atoms with Gasteiger partial charge in [-0.05, 0) is 48.4 Å². The predicted molar refractivity (Wildman–Crippen MR) is 135 cm³/mol. The van der Waals surface area contributed by atoms with E-state index in [1.165, 1.54) is 0 Å². The van der Waals surface area contributed by atoms with Crippen molar-refractivity contribution in [1.29, 1.82) is 0 Å². The number of fused-ring (bicyclic) bond motifs is 1. The summed E-state index contributed by atoms with van der Waals surface area (Å²) in [4.78, 5) is 17.4. The first-order valence-corrected chi connectivity index (χ1v) is 11.3. The molecule has 1 spiro atoms. The Hall–Kier alpha value is -2.88. The van der Waals surface area contributed by atoms with E-state index < -0.39 is 0 Å². The van der Waals surface area contributed by atoms with E-state index in [9.17, 15) is 4.79 Å². The van der Waals surface area contributed by atoms with Gasteiger partial charge in [-0.3, -0.25) is 4.79 Å². The van der Waals surface area contributed by atoms with Crippen molar-refractivity contribution >= 4 is 57.9 Å². The molecular weight excluding hydrogens is 457 g/mol. The van der Waals surface area contributed by atoms with Gasteiger partial charge < -0.3 is 10.2 Å². The molecule has 2 fully saturated rings. The predicted octanol–water partition coefficient (Wildman–Crippen LogP) is 6.13. The Labute approximate surface area is 204 Å². The molecule has 0 unspecified atom stereocenters. The number of hydrogen-bond donors (Lipinski definition) is 1. The Morgan fingerprint density at radius 2 is 1.88 bits per heavy atom. The summed E-state index contributed by atoms with van der Waals surface area (Å²) >= 11 is 6.27. The maximum Gasteiger partial charge on any atom is 0.188 e. The number of halogens is 2. The van der Waals surface area contributed by atoms with Gasteiger partial charge in [-0.15, -0.1) is 22.6 Å². The summed E-state index contributed by atoms with van der Waals surface area (Å²) in [5.74, 6) is 1.89. The summed E-state index contributed by atoms with van der Waals surface area (Å²) in [5, 5.41) is 15.1. The lowest BCUT2D eigenvalue weighted by atomic mass is 9.62. The number of nitrogens with zero attached hydrogens (tertiary/aromatic N) is 4. The molecule has 1 aliphatic heterocycles. The van der Waals surface area contributed by atoms with Crippen LogP contribution in [-0.2, 0) is 11.3 Å². The number of piperidine rings is 1. The summed E-state index contributed by atoms with van der Waals surface area (Å²) in [5.41, 5.74) is 2.88. The molecule has 1 aliphatic carbocycles. The fourth-order valence-electron chi connectivity index (χ4n) is 4.83. The number of nitrogens with one attached hydrogen (secondary N) is 1. The standard InChI is InChI=1S/C25H24ClN5O.ClH/c1-16-3-4-17(11-22(16)26)15-28-23-21-12-18(27-2)5-6-20(21)24(30-29-23)31-9-7-25(8-10-31)13-19(32)14-25;/h3-6,11-12H,7-10,13-15H2,1H3,(H,28,29);1H. The molecule has 5 rings (SSSR count). The number of aryl methyl sites for hydroxylation is 1. The van der Waals surface area contributed by atoms with Gasteiger partial charge in [0, 0.05) is 48.3 Å². The highest BCUT2D eigenvalue weighted by Gasteiger charge is 2.45. The van der Waals surface area contributed by atoms with Crippen molar-refractivity contribution in [3.63, 3.8) is 0 Å². The topological polar surface area (TPSA) is 62.5 Å². The minimum absolute atomic E-state index is 0. The maximum absolute atomic E-state index is 11.5. The van der Waals surface area contributed by atoms with Crippen molar-refractivity contribution in [2.75, 3.05) is 23.3 Å². The third-order valence-corrected chi connectivity index (χ3v) is 7.24. The number of rotatable bonds is 4. The molecule has 0 radical (unpaired) electrons. The van der Waals surface area contributed by atoms with E-state index >= 15 is 0 Å². The van der Waals surface area contributed by atoms with Gasteiger partial charge in [0.05, 0.1) is 6.57 Å². The number of aromatic nitrogens is 2. The second-order valence-electron chi connectivity index (χ2n) is 9.03. The van der Waals surface area contributed by atoms with Crippen LogP contribution in [-0.4, -0.2) is 29.1 Å². The summed E-state index contributed by atoms with van der Waals surface area (Å²) in [7, 11) is 0. The molecule has 0 atom stereocenters. The Morgan fingerprint density at radius 3 is 2.55 bits per heavy atom. The molecule has 3 aromatic rings. The van der Waals surface area contributed by atoms with Crippen LogP contribution in [0.15, 0.2) is 36.4 Å². The second kappa shape index (κ2) is 9.17. The van der Waals surface area contributed by atoms with Crippen molar-refractivity contribution < 1.29 is 4.79 Å². The first-order valence-electron chi connectivity index (χ1n) is 10.9. The first kappa shape index (κ1) is 23.3. The summed E-state index contributed by atoms with van der Waals surface area (Å²) in [6.45, 7) is 11.7. The normalized spacial score (nSPS) is 16.8. The van der Waals surface area contributed by atoms with E-state index in [1.54, 1.807) is 0 Å². The number of Topliss-reactive ketones (excluding diaryl/α,β-unsaturated/α-hetero) is 1. The monoisotopic (exact) mass is 481 g/mol. The highest BCUT2D eigenvalue weighted by molar-refractivity contribution is 6.31. The van der Waals surface area contributed by atoms with Gasteiger partial charge in [0.15, 0.2) is 17.3 Å². The van der Waals surface area contributed by atoms with Crippen LogP contribution >= 0.6 is 24.0 Å². The van der Waals surface area contributed by atoms with Gasteiger partial charge in [0.25, 0.3) is 0 Å². The molecule has 6 nitrogen and oxygen atoms in total. The molecule has 1 saturated carbocycles. The van der Waals surface area contributed by atoms with Crippen molar-refractivity contribution in [2.45, 2.75) is 39.2 Å². The molecule has 33 heavy (non-hydrogen) atoms. The van der Waals surface area contributed by atoms with Crippen molar-refractivity contribution in [2.24, 2.45) is 5.41 Å². The van der Waals surface area contributed by atoms with E-state index in [-0.39, 0.29) is 17.8 Å². The largest absolute Gasteiger partial charge is 0.364 e. The van der Waals surface area contributed by atoms with Crippen LogP contribution in [0.4, 0.5) is 17.3 Å². The lowest BCUT2D eigenvalue weighted by molar-refractivity contribution is -0.133. The first-order chi connectivity index (χ1) is 15.5. The summed E-state index contributed by atoms with van der Waals surface area (Å²) < 4.78 is 0. The Bertz CT molecular complexity index is 1250. The van der Waals surface area contributed by atoms with Crippen LogP contribution in [0.3, 0.4) is 0 Å². The molecule has 2 heterocycles. The molecular formula is C25H25Cl2N5O. The zero-order valence-electron chi connectivity index (χ0n) is 18.4. The van der Waals surface area contributed by atoms with Gasteiger partial charge in [0.1, 0.15) is 5.78 Å². The number of anilines is 2. The van der Waals surface area contributed by atoms with Gasteiger partial charge in [-0.2, -0.15) is 0 Å². The molecule has 1 N–H and O–H groups in total. The molecule has 170 valence electrons. The molecule has 0 amide bonds. The summed E-state index contributed by atoms with van der Waals surface area (Å²) in [6.07, 6.45) is 3.48. The molecule has 2 aliphatic rings. The van der Waals surface area contributed by atoms with Gasteiger partial charge in [0.2, 0.25) is 0 Å². The van der Waals surface area contributed by atoms with Gasteiger partial charge in [-0.25, -0.2) is 4.85 Å². The van der Waals surface area contributed by atoms with Gasteiger partial charge >= 0.3 is 0 Å². The lowest BCUT2D eigenvalue weighted by Crippen LogP contribution is -2.47. The fraction of sp³-hybridized carbons (Fsp3) is 0.360. The fourth-order valence-corrected chi connectivity index (χ4v) is 5.03. The average molecular weight is 482 g/mol. The third-order valence-electron chi connectivity index (χ3n) is 6.84. The number of carbonyl (C=O) groups is 1. The second-order valence-corrected chi connectivity index (χ2v) is 9.44. The SMILES string of the molecule is Cl.[C-]#[N+]c1ccc2c(N3CCC4(CC3)CC(=O)C4)nnc(NCc3ccc(C)c(Cl)c3)c2c1. The van der Waals surface area contributed by atoms with E-state index in [4.69, 9.17) is 18.2 Å². The molecule has 1 aromatic heterocycles. The van der Waals surface area contributed by atoms with Gasteiger partial charge in [-0.1, -0.05) is 35.9 Å². The number of carbonyl (C=O) groups excluding carboxylic acids is 1. The highest BCUT2D eigenvalue weighted by Crippen LogP contribution is 2.47. The molecule has 1 saturated heterocycles. The van der Waals surface area contributed by atoms with E-state index in [1.807, 2.05) is 43.3 Å². The number of hydrogen-bond acceptors (Lipinski definition) is 5. The minimum Gasteiger partial charge on any atom is -0.364 e. The van der Waals surface area contributed by atoms with E-state index in [0.717, 1.165) is 71.5 Å². The maximum atomic E-state index is 11.5. The smallest absolute Gasteiger partial charge is 0.188 e. The zero-order chi connectivity index (χ0) is 22.3. The van der Waals surface area contributed by atoms with Crippen LogP contribution in [0, 0.1) is 18.9 Å². The minimum atomic E-state index is 0. The molecule has 0 bridgehead atoms. The Morgan fingerprint density at radius 1 is 1.12 bits per heavy atom. The van der Waals surface area contributed by atoms with Crippen molar-refractivity contribution in [3.8, 4) is 0 Å². The quantitative estimate of drug-likeness (QED) is 0.454. The Balaban J connectivity index is 0.00000259. The van der Waals surface area contributed by atoms with Crippen molar-refractivity contribution in [1.82, 2.24) is 10.2 Å². The van der Waals surface area contributed by atoms with Crippen LogP contribution in [0.2, 0.25) is 5.02 Å². The summed E-state index contributed by atoms with van der Waals surface area (Å²) in [6, 6.07) is 11.7. The highest BCUT2D eigenvalue weighted by atomic mass is 35.5. The van der Waals surface area contributed by atoms with Crippen LogP contribution < -0.4 is 10.2 Å². The van der Waals surface area contributed by atoms with Crippen LogP contribution in [0.25, 0.3) is 15.6 Å². The number of benzene rings is 2. The van der Waals surface area contributed by atoms with E-state index in [0.29, 0.717) is 23.8 Å². The Kier molecular flexibility index (Phi) is 6.47. The molecule has 8 heteroatoms. The van der Waals surface area contributed by atoms with Crippen LogP contribution in [0.5, 0.6) is 0 Å². The average Bonchev–Trinajstić information content (AvgIpc) is 2.79. The number of ketones is 1. The van der Waals surface area contributed by atoms with E-state index in [2.05, 4.69) is 25.3 Å². The zero-order valence-corrected chi connectivity index (χ0v) is 20.0.